The highest BCUT2D eigenvalue weighted by atomic mass is 127. The third-order valence-corrected chi connectivity index (χ3v) is 10.0. The minimum atomic E-state index is -4.09. The van der Waals surface area contributed by atoms with Crippen LogP contribution in [0, 0.1) is 3.57 Å². The number of anilines is 1. The van der Waals surface area contributed by atoms with E-state index in [0.29, 0.717) is 16.3 Å². The molecule has 0 spiro atoms. The molecule has 7 nitrogen and oxygen atoms in total. The van der Waals surface area contributed by atoms with Crippen LogP contribution in [-0.4, -0.2) is 43.8 Å². The number of nitrogens with zero attached hydrogens (tertiary/aromatic N) is 2. The van der Waals surface area contributed by atoms with E-state index in [-0.39, 0.29) is 23.4 Å². The van der Waals surface area contributed by atoms with Gasteiger partial charge >= 0.3 is 0 Å². The van der Waals surface area contributed by atoms with Crippen LogP contribution in [0.2, 0.25) is 5.02 Å². The van der Waals surface area contributed by atoms with E-state index in [1.165, 1.54) is 17.0 Å². The average molecular weight is 694 g/mol. The number of sulfonamides is 1. The predicted molar refractivity (Wildman–Crippen MR) is 167 cm³/mol. The van der Waals surface area contributed by atoms with E-state index >= 15 is 0 Å². The SMILES string of the molecule is C[C@H](C(=O)NC1CCCCC1)N(Cc1ccccc1Cl)C(=O)CN(c1ccc(I)cc1)S(=O)(=O)c1ccccc1. The molecule has 1 fully saturated rings. The highest BCUT2D eigenvalue weighted by molar-refractivity contribution is 14.1. The molecule has 0 aromatic heterocycles. The Morgan fingerprint density at radius 3 is 2.23 bits per heavy atom. The lowest BCUT2D eigenvalue weighted by Gasteiger charge is -2.33. The molecule has 0 radical (unpaired) electrons. The Balaban J connectivity index is 1.67. The van der Waals surface area contributed by atoms with Crippen LogP contribution in [0.3, 0.4) is 0 Å². The van der Waals surface area contributed by atoms with Gasteiger partial charge < -0.3 is 10.2 Å². The molecule has 0 bridgehead atoms. The molecule has 0 unspecified atom stereocenters. The number of carbonyl (C=O) groups is 2. The molecule has 10 heteroatoms. The zero-order valence-corrected chi connectivity index (χ0v) is 26.0. The summed E-state index contributed by atoms with van der Waals surface area (Å²) in [6, 6.07) is 21.3. The van der Waals surface area contributed by atoms with Gasteiger partial charge in [-0.05, 0) is 90.4 Å². The summed E-state index contributed by atoms with van der Waals surface area (Å²) in [6.45, 7) is 1.25. The first kappa shape index (κ1) is 30.3. The molecule has 1 aliphatic rings. The minimum absolute atomic E-state index is 0.0592. The topological polar surface area (TPSA) is 86.8 Å². The smallest absolute Gasteiger partial charge is 0.264 e. The maximum atomic E-state index is 14.0. The summed E-state index contributed by atoms with van der Waals surface area (Å²) in [5.74, 6) is -0.775. The van der Waals surface area contributed by atoms with Crippen molar-refractivity contribution in [3.63, 3.8) is 0 Å². The second-order valence-corrected chi connectivity index (χ2v) is 13.4. The third-order valence-electron chi connectivity index (χ3n) is 7.14. The lowest BCUT2D eigenvalue weighted by Crippen LogP contribution is -2.53. The van der Waals surface area contributed by atoms with E-state index in [1.54, 1.807) is 67.6 Å². The van der Waals surface area contributed by atoms with Gasteiger partial charge in [-0.1, -0.05) is 67.3 Å². The number of rotatable bonds is 10. The molecule has 212 valence electrons. The van der Waals surface area contributed by atoms with E-state index in [0.717, 1.165) is 40.0 Å². The maximum absolute atomic E-state index is 14.0. The quantitative estimate of drug-likeness (QED) is 0.264. The summed E-state index contributed by atoms with van der Waals surface area (Å²) in [7, 11) is -4.09. The fraction of sp³-hybridized carbons (Fsp3) is 0.333. The Labute approximate surface area is 255 Å². The van der Waals surface area contributed by atoms with E-state index in [4.69, 9.17) is 11.6 Å². The van der Waals surface area contributed by atoms with Gasteiger partial charge in [0.2, 0.25) is 11.8 Å². The molecule has 1 atom stereocenters. The molecule has 3 aromatic carbocycles. The van der Waals surface area contributed by atoms with Crippen molar-refractivity contribution >= 4 is 61.7 Å². The number of nitrogens with one attached hydrogen (secondary N) is 1. The largest absolute Gasteiger partial charge is 0.352 e. The molecule has 3 aromatic rings. The molecule has 0 aliphatic heterocycles. The molecule has 40 heavy (non-hydrogen) atoms. The van der Waals surface area contributed by atoms with Crippen LogP contribution in [-0.2, 0) is 26.2 Å². The Bertz CT molecular complexity index is 1410. The first-order valence-corrected chi connectivity index (χ1v) is 16.2. The molecule has 4 rings (SSSR count). The second kappa shape index (κ2) is 13.8. The van der Waals surface area contributed by atoms with Gasteiger partial charge in [0.05, 0.1) is 10.6 Å². The number of hydrogen-bond acceptors (Lipinski definition) is 4. The number of carbonyl (C=O) groups excluding carboxylic acids is 2. The number of amides is 2. The van der Waals surface area contributed by atoms with Gasteiger partial charge in [-0.2, -0.15) is 0 Å². The second-order valence-electron chi connectivity index (χ2n) is 9.93. The lowest BCUT2D eigenvalue weighted by atomic mass is 9.95. The lowest BCUT2D eigenvalue weighted by molar-refractivity contribution is -0.139. The fourth-order valence-corrected chi connectivity index (χ4v) is 6.81. The third kappa shape index (κ3) is 7.55. The number of benzene rings is 3. The van der Waals surface area contributed by atoms with Crippen molar-refractivity contribution in [1.29, 1.82) is 0 Å². The standard InChI is InChI=1S/C30H33ClIN3O4S/c1-22(30(37)33-25-11-4-2-5-12-25)34(20-23-10-8-9-15-28(23)31)29(36)21-35(26-18-16-24(32)17-19-26)40(38,39)27-13-6-3-7-14-27/h3,6-10,13-19,22,25H,2,4-5,11-12,20-21H2,1H3,(H,33,37)/t22-/m1/s1. The number of halogens is 2. The molecular weight excluding hydrogens is 661 g/mol. The Hall–Kier alpha value is -2.63. The predicted octanol–water partition coefficient (Wildman–Crippen LogP) is 6.01. The first-order chi connectivity index (χ1) is 19.2. The van der Waals surface area contributed by atoms with Crippen LogP contribution in [0.5, 0.6) is 0 Å². The van der Waals surface area contributed by atoms with Crippen molar-refractivity contribution in [1.82, 2.24) is 10.2 Å². The molecule has 0 heterocycles. The summed E-state index contributed by atoms with van der Waals surface area (Å²) < 4.78 is 29.6. The van der Waals surface area contributed by atoms with E-state index < -0.39 is 28.5 Å². The summed E-state index contributed by atoms with van der Waals surface area (Å²) in [4.78, 5) is 28.9. The molecule has 0 saturated heterocycles. The van der Waals surface area contributed by atoms with Crippen molar-refractivity contribution in [2.24, 2.45) is 0 Å². The fourth-order valence-electron chi connectivity index (χ4n) is 4.82. The first-order valence-electron chi connectivity index (χ1n) is 13.3. The molecular formula is C30H33ClIN3O4S. The van der Waals surface area contributed by atoms with E-state index in [1.807, 2.05) is 6.07 Å². The zero-order chi connectivity index (χ0) is 28.7. The zero-order valence-electron chi connectivity index (χ0n) is 22.3. The normalized spacial score (nSPS) is 14.8. The van der Waals surface area contributed by atoms with Gasteiger partial charge in [-0.3, -0.25) is 13.9 Å². The Morgan fingerprint density at radius 1 is 0.950 bits per heavy atom. The van der Waals surface area contributed by atoms with Crippen molar-refractivity contribution in [3.05, 3.63) is 93.0 Å². The van der Waals surface area contributed by atoms with Gasteiger partial charge in [0.15, 0.2) is 0 Å². The minimum Gasteiger partial charge on any atom is -0.352 e. The van der Waals surface area contributed by atoms with Gasteiger partial charge in [-0.25, -0.2) is 8.42 Å². The van der Waals surface area contributed by atoms with Crippen molar-refractivity contribution in [3.8, 4) is 0 Å². The van der Waals surface area contributed by atoms with Crippen molar-refractivity contribution in [2.45, 2.75) is 62.6 Å². The van der Waals surface area contributed by atoms with Crippen molar-refractivity contribution < 1.29 is 18.0 Å². The van der Waals surface area contributed by atoms with Gasteiger partial charge in [0.1, 0.15) is 12.6 Å². The van der Waals surface area contributed by atoms with Gasteiger partial charge in [0, 0.05) is 21.2 Å². The highest BCUT2D eigenvalue weighted by Crippen LogP contribution is 2.26. The Kier molecular flexibility index (Phi) is 10.5. The van der Waals surface area contributed by atoms with Crippen LogP contribution < -0.4 is 9.62 Å². The average Bonchev–Trinajstić information content (AvgIpc) is 2.96. The highest BCUT2D eigenvalue weighted by Gasteiger charge is 2.33. The van der Waals surface area contributed by atoms with Crippen LogP contribution in [0.1, 0.15) is 44.6 Å². The molecule has 2 amide bonds. The van der Waals surface area contributed by atoms with Crippen LogP contribution in [0.4, 0.5) is 5.69 Å². The maximum Gasteiger partial charge on any atom is 0.264 e. The molecule has 1 N–H and O–H groups in total. The van der Waals surface area contributed by atoms with E-state index in [9.17, 15) is 18.0 Å². The summed E-state index contributed by atoms with van der Waals surface area (Å²) in [5.41, 5.74) is 1.02. The monoisotopic (exact) mass is 693 g/mol. The van der Waals surface area contributed by atoms with Crippen LogP contribution in [0.25, 0.3) is 0 Å². The summed E-state index contributed by atoms with van der Waals surface area (Å²) in [6.07, 6.45) is 5.09. The molecule has 1 saturated carbocycles. The van der Waals surface area contributed by atoms with Crippen LogP contribution in [0.15, 0.2) is 83.8 Å². The summed E-state index contributed by atoms with van der Waals surface area (Å²) in [5, 5.41) is 3.57. The number of hydrogen-bond donors (Lipinski definition) is 1. The Morgan fingerprint density at radius 2 is 1.57 bits per heavy atom. The van der Waals surface area contributed by atoms with E-state index in [2.05, 4.69) is 27.9 Å². The van der Waals surface area contributed by atoms with Gasteiger partial charge in [0.25, 0.3) is 10.0 Å². The molecule has 1 aliphatic carbocycles. The van der Waals surface area contributed by atoms with Crippen LogP contribution >= 0.6 is 34.2 Å². The van der Waals surface area contributed by atoms with Crippen molar-refractivity contribution in [2.75, 3.05) is 10.8 Å². The van der Waals surface area contributed by atoms with Gasteiger partial charge in [-0.15, -0.1) is 0 Å². The summed E-state index contributed by atoms with van der Waals surface area (Å²) >= 11 is 8.58.